The molecule has 1 aliphatic rings. The van der Waals surface area contributed by atoms with Crippen molar-refractivity contribution in [2.45, 2.75) is 25.4 Å². The van der Waals surface area contributed by atoms with Gasteiger partial charge in [-0.2, -0.15) is 0 Å². The number of aromatic nitrogens is 1. The first kappa shape index (κ1) is 20.2. The van der Waals surface area contributed by atoms with E-state index in [9.17, 15) is 14.0 Å². The Kier molecular flexibility index (Phi) is 5.87. The van der Waals surface area contributed by atoms with Crippen molar-refractivity contribution in [1.82, 2.24) is 9.88 Å². The Morgan fingerprint density at radius 2 is 1.97 bits per heavy atom. The van der Waals surface area contributed by atoms with Gasteiger partial charge in [-0.25, -0.2) is 9.37 Å². The van der Waals surface area contributed by atoms with Gasteiger partial charge in [-0.1, -0.05) is 30.3 Å². The maximum Gasteiger partial charge on any atom is 0.275 e. The number of hydrogen-bond donors (Lipinski definition) is 2. The summed E-state index contributed by atoms with van der Waals surface area (Å²) in [6.45, 7) is 1.30. The van der Waals surface area contributed by atoms with Gasteiger partial charge in [-0.15, -0.1) is 11.3 Å². The van der Waals surface area contributed by atoms with Crippen molar-refractivity contribution in [2.24, 2.45) is 5.73 Å². The van der Waals surface area contributed by atoms with Crippen LogP contribution < -0.4 is 11.1 Å². The molecule has 0 radical (unpaired) electrons. The second-order valence-corrected chi connectivity index (χ2v) is 8.02. The minimum atomic E-state index is -0.376. The normalized spacial score (nSPS) is 16.5. The van der Waals surface area contributed by atoms with E-state index in [4.69, 9.17) is 5.73 Å². The van der Waals surface area contributed by atoms with Crippen LogP contribution in [0.1, 0.15) is 28.9 Å². The van der Waals surface area contributed by atoms with Crippen LogP contribution in [0.25, 0.3) is 10.6 Å². The number of primary amides is 1. The lowest BCUT2D eigenvalue weighted by Crippen LogP contribution is -2.39. The number of carbonyl (C=O) groups is 2. The molecule has 1 aromatic heterocycles. The molecule has 8 heteroatoms. The molecule has 3 N–H and O–H groups in total. The Morgan fingerprint density at radius 1 is 1.20 bits per heavy atom. The molecule has 6 nitrogen and oxygen atoms in total. The quantitative estimate of drug-likeness (QED) is 0.632. The molecular formula is C22H21FN4O2S. The summed E-state index contributed by atoms with van der Waals surface area (Å²) in [6, 6.07) is 13.5. The lowest BCUT2D eigenvalue weighted by atomic mass is 10.1. The van der Waals surface area contributed by atoms with Crippen molar-refractivity contribution in [3.63, 3.8) is 0 Å². The molecule has 30 heavy (non-hydrogen) atoms. The molecular weight excluding hydrogens is 403 g/mol. The van der Waals surface area contributed by atoms with E-state index in [0.717, 1.165) is 24.9 Å². The molecule has 0 bridgehead atoms. The number of thiazole rings is 1. The number of benzene rings is 2. The predicted octanol–water partition coefficient (Wildman–Crippen LogP) is 3.65. The molecule has 2 amide bonds. The van der Waals surface area contributed by atoms with Crippen LogP contribution in [0.2, 0.25) is 0 Å². The van der Waals surface area contributed by atoms with Crippen molar-refractivity contribution in [3.05, 3.63) is 71.0 Å². The molecule has 154 valence electrons. The maximum absolute atomic E-state index is 14.0. The largest absolute Gasteiger partial charge is 0.368 e. The third-order valence-corrected chi connectivity index (χ3v) is 6.05. The average molecular weight is 425 g/mol. The molecule has 1 atom stereocenters. The van der Waals surface area contributed by atoms with Crippen molar-refractivity contribution < 1.29 is 14.0 Å². The van der Waals surface area contributed by atoms with Crippen molar-refractivity contribution >= 4 is 28.8 Å². The van der Waals surface area contributed by atoms with Gasteiger partial charge in [0.15, 0.2) is 0 Å². The number of nitrogens with two attached hydrogens (primary N) is 1. The van der Waals surface area contributed by atoms with Crippen LogP contribution in [0.3, 0.4) is 0 Å². The molecule has 1 fully saturated rings. The van der Waals surface area contributed by atoms with Crippen LogP contribution in [0.5, 0.6) is 0 Å². The number of likely N-dealkylation sites (tertiary alicyclic amines) is 1. The highest BCUT2D eigenvalue weighted by atomic mass is 32.1. The van der Waals surface area contributed by atoms with Gasteiger partial charge in [0.05, 0.1) is 6.04 Å². The first-order valence-corrected chi connectivity index (χ1v) is 10.5. The topological polar surface area (TPSA) is 88.3 Å². The highest BCUT2D eigenvalue weighted by Gasteiger charge is 2.29. The number of hydrogen-bond acceptors (Lipinski definition) is 5. The Bertz CT molecular complexity index is 1080. The van der Waals surface area contributed by atoms with Gasteiger partial charge in [0.25, 0.3) is 5.91 Å². The van der Waals surface area contributed by atoms with Crippen LogP contribution in [0, 0.1) is 5.82 Å². The number of nitrogens with one attached hydrogen (secondary N) is 1. The molecule has 1 unspecified atom stereocenters. The standard InChI is InChI=1S/C22H21FN4O2S/c23-16-8-3-2-7-15(16)22-26-18(13-30-22)21(29)25-17-9-4-1-6-14(17)12-27-11-5-10-19(27)20(24)28/h1-4,6-9,13,19H,5,10-12H2,(H2,24,28)(H,25,29). The minimum Gasteiger partial charge on any atom is -0.368 e. The van der Waals surface area contributed by atoms with Crippen molar-refractivity contribution in [2.75, 3.05) is 11.9 Å². The fraction of sp³-hybridized carbons (Fsp3) is 0.227. The van der Waals surface area contributed by atoms with Gasteiger partial charge in [0, 0.05) is 23.2 Å². The number of amides is 2. The third-order valence-electron chi connectivity index (χ3n) is 5.17. The Hall–Kier alpha value is -3.10. The van der Waals surface area contributed by atoms with E-state index >= 15 is 0 Å². The number of para-hydroxylation sites is 1. The van der Waals surface area contributed by atoms with E-state index in [1.54, 1.807) is 23.6 Å². The lowest BCUT2D eigenvalue weighted by molar-refractivity contribution is -0.122. The highest BCUT2D eigenvalue weighted by molar-refractivity contribution is 7.13. The zero-order valence-corrected chi connectivity index (χ0v) is 17.0. The predicted molar refractivity (Wildman–Crippen MR) is 115 cm³/mol. The van der Waals surface area contributed by atoms with Gasteiger partial charge >= 0.3 is 0 Å². The van der Waals surface area contributed by atoms with Crippen LogP contribution in [0.15, 0.2) is 53.9 Å². The first-order valence-electron chi connectivity index (χ1n) is 9.66. The second kappa shape index (κ2) is 8.73. The SMILES string of the molecule is NC(=O)C1CCCN1Cc1ccccc1NC(=O)c1csc(-c2ccccc2F)n1. The zero-order valence-electron chi connectivity index (χ0n) is 16.2. The van der Waals surface area contributed by atoms with Crippen LogP contribution in [-0.2, 0) is 11.3 Å². The van der Waals surface area contributed by atoms with Crippen molar-refractivity contribution in [1.29, 1.82) is 0 Å². The van der Waals surface area contributed by atoms with Gasteiger partial charge in [0.2, 0.25) is 5.91 Å². The van der Waals surface area contributed by atoms with Crippen LogP contribution in [-0.4, -0.2) is 34.3 Å². The van der Waals surface area contributed by atoms with Crippen LogP contribution >= 0.6 is 11.3 Å². The second-order valence-electron chi connectivity index (χ2n) is 7.16. The van der Waals surface area contributed by atoms with Crippen molar-refractivity contribution in [3.8, 4) is 10.6 Å². The summed E-state index contributed by atoms with van der Waals surface area (Å²) >= 11 is 1.22. The first-order chi connectivity index (χ1) is 14.5. The Balaban J connectivity index is 1.51. The molecule has 0 saturated carbocycles. The number of nitrogens with zero attached hydrogens (tertiary/aromatic N) is 2. The fourth-order valence-electron chi connectivity index (χ4n) is 3.66. The summed E-state index contributed by atoms with van der Waals surface area (Å²) in [5, 5.41) is 4.96. The molecule has 2 aromatic carbocycles. The molecule has 0 aliphatic carbocycles. The van der Waals surface area contributed by atoms with E-state index in [2.05, 4.69) is 10.3 Å². The zero-order chi connectivity index (χ0) is 21.1. The summed E-state index contributed by atoms with van der Waals surface area (Å²) in [5.41, 5.74) is 7.65. The summed E-state index contributed by atoms with van der Waals surface area (Å²) in [5.74, 6) is -1.06. The van der Waals surface area contributed by atoms with E-state index in [-0.39, 0.29) is 29.4 Å². The van der Waals surface area contributed by atoms with E-state index in [1.165, 1.54) is 17.4 Å². The number of rotatable bonds is 6. The van der Waals surface area contributed by atoms with Gasteiger partial charge in [0.1, 0.15) is 16.5 Å². The maximum atomic E-state index is 14.0. The number of carbonyl (C=O) groups excluding carboxylic acids is 2. The summed E-state index contributed by atoms with van der Waals surface area (Å²) in [4.78, 5) is 30.8. The van der Waals surface area contributed by atoms with E-state index in [1.807, 2.05) is 29.2 Å². The summed E-state index contributed by atoms with van der Waals surface area (Å²) in [6.07, 6.45) is 1.67. The monoisotopic (exact) mass is 424 g/mol. The Morgan fingerprint density at radius 3 is 2.77 bits per heavy atom. The third kappa shape index (κ3) is 4.24. The summed E-state index contributed by atoms with van der Waals surface area (Å²) < 4.78 is 14.0. The molecule has 3 aromatic rings. The molecule has 1 aliphatic heterocycles. The lowest BCUT2D eigenvalue weighted by Gasteiger charge is -2.23. The molecule has 1 saturated heterocycles. The van der Waals surface area contributed by atoms with Gasteiger partial charge in [-0.3, -0.25) is 14.5 Å². The highest BCUT2D eigenvalue weighted by Crippen LogP contribution is 2.27. The van der Waals surface area contributed by atoms with Crippen LogP contribution in [0.4, 0.5) is 10.1 Å². The van der Waals surface area contributed by atoms with Gasteiger partial charge < -0.3 is 11.1 Å². The van der Waals surface area contributed by atoms with E-state index in [0.29, 0.717) is 22.8 Å². The fourth-order valence-corrected chi connectivity index (χ4v) is 4.49. The van der Waals surface area contributed by atoms with Gasteiger partial charge in [-0.05, 0) is 43.1 Å². The molecule has 0 spiro atoms. The molecule has 2 heterocycles. The average Bonchev–Trinajstić information content (AvgIpc) is 3.39. The smallest absolute Gasteiger partial charge is 0.275 e. The Labute approximate surface area is 177 Å². The summed E-state index contributed by atoms with van der Waals surface area (Å²) in [7, 11) is 0. The van der Waals surface area contributed by atoms with E-state index < -0.39 is 0 Å². The minimum absolute atomic E-state index is 0.226. The number of halogens is 1. The molecule has 4 rings (SSSR count). The number of anilines is 1.